The van der Waals surface area contributed by atoms with E-state index < -0.39 is 17.6 Å². The minimum Gasteiger partial charge on any atom is -0.486 e. The second-order valence-electron chi connectivity index (χ2n) is 6.53. The Labute approximate surface area is 152 Å². The molecule has 0 atom stereocenters. The number of halogens is 4. The molecule has 1 fully saturated rings. The summed E-state index contributed by atoms with van der Waals surface area (Å²) in [7, 11) is 1.74. The molecule has 0 unspecified atom stereocenters. The largest absolute Gasteiger partial charge is 0.486 e. The van der Waals surface area contributed by atoms with Crippen molar-refractivity contribution in [2.45, 2.75) is 44.5 Å². The van der Waals surface area contributed by atoms with E-state index in [0.717, 1.165) is 30.8 Å². The normalized spacial score (nSPS) is 19.5. The molecule has 0 radical (unpaired) electrons. The molecule has 27 heavy (non-hydrogen) atoms. The van der Waals surface area contributed by atoms with E-state index in [1.807, 2.05) is 0 Å². The first-order valence-corrected chi connectivity index (χ1v) is 8.30. The zero-order chi connectivity index (χ0) is 19.8. The second-order valence-corrected chi connectivity index (χ2v) is 6.53. The smallest absolute Gasteiger partial charge is 0.419 e. The van der Waals surface area contributed by atoms with Crippen molar-refractivity contribution in [1.82, 2.24) is 20.1 Å². The highest BCUT2D eigenvalue weighted by atomic mass is 19.4. The van der Waals surface area contributed by atoms with Crippen LogP contribution in [0.15, 0.2) is 18.2 Å². The summed E-state index contributed by atoms with van der Waals surface area (Å²) in [6.07, 6.45) is -3.30. The van der Waals surface area contributed by atoms with Gasteiger partial charge in [-0.1, -0.05) is 0 Å². The molecule has 1 aliphatic carbocycles. The third kappa shape index (κ3) is 4.20. The van der Waals surface area contributed by atoms with Crippen LogP contribution in [0.25, 0.3) is 0 Å². The number of alkyl halides is 3. The van der Waals surface area contributed by atoms with E-state index in [0.29, 0.717) is 11.9 Å². The molecular weight excluding hydrogens is 368 g/mol. The van der Waals surface area contributed by atoms with Gasteiger partial charge in [0.15, 0.2) is 5.82 Å². The fourth-order valence-electron chi connectivity index (χ4n) is 3.05. The number of hydrogen-bond donors (Lipinski definition) is 1. The van der Waals surface area contributed by atoms with Crippen LogP contribution in [0, 0.1) is 5.82 Å². The zero-order valence-corrected chi connectivity index (χ0v) is 14.7. The summed E-state index contributed by atoms with van der Waals surface area (Å²) < 4.78 is 58.6. The van der Waals surface area contributed by atoms with Gasteiger partial charge in [0.05, 0.1) is 5.56 Å². The molecule has 146 valence electrons. The lowest BCUT2D eigenvalue weighted by atomic mass is 9.79. The van der Waals surface area contributed by atoms with Crippen LogP contribution in [0.4, 0.5) is 17.6 Å². The molecule has 10 heteroatoms. The Morgan fingerprint density at radius 2 is 2.04 bits per heavy atom. The summed E-state index contributed by atoms with van der Waals surface area (Å²) >= 11 is 0. The van der Waals surface area contributed by atoms with Crippen LogP contribution in [0.5, 0.6) is 5.75 Å². The molecule has 1 amide bonds. The Hall–Kier alpha value is -2.65. The first-order valence-electron chi connectivity index (χ1n) is 8.30. The number of ether oxygens (including phenoxy) is 1. The molecule has 0 saturated heterocycles. The number of benzene rings is 1. The SMILES string of the molecule is CC(=O)NC1CC(c2nnc(COc3ccc(F)c(C(F)(F)F)c3)n2C)C1. The quantitative estimate of drug-likeness (QED) is 0.803. The summed E-state index contributed by atoms with van der Waals surface area (Å²) in [6.45, 7) is 1.36. The lowest BCUT2D eigenvalue weighted by Crippen LogP contribution is -2.43. The maximum absolute atomic E-state index is 13.3. The molecule has 1 N–H and O–H groups in total. The fraction of sp³-hybridized carbons (Fsp3) is 0.471. The number of rotatable bonds is 5. The van der Waals surface area contributed by atoms with E-state index in [1.54, 1.807) is 11.6 Å². The van der Waals surface area contributed by atoms with Gasteiger partial charge in [0.1, 0.15) is 24.0 Å². The highest BCUT2D eigenvalue weighted by Crippen LogP contribution is 2.36. The van der Waals surface area contributed by atoms with Crippen molar-refractivity contribution in [3.05, 3.63) is 41.2 Å². The topological polar surface area (TPSA) is 69.0 Å². The molecular formula is C17H18F4N4O2. The van der Waals surface area contributed by atoms with E-state index in [9.17, 15) is 22.4 Å². The van der Waals surface area contributed by atoms with Crippen molar-refractivity contribution in [2.75, 3.05) is 0 Å². The zero-order valence-electron chi connectivity index (χ0n) is 14.7. The van der Waals surface area contributed by atoms with Gasteiger partial charge in [-0.25, -0.2) is 4.39 Å². The molecule has 2 aromatic rings. The van der Waals surface area contributed by atoms with Crippen molar-refractivity contribution in [2.24, 2.45) is 7.05 Å². The van der Waals surface area contributed by atoms with Gasteiger partial charge in [0, 0.05) is 25.9 Å². The van der Waals surface area contributed by atoms with Gasteiger partial charge in [0.2, 0.25) is 5.91 Å². The highest BCUT2D eigenvalue weighted by Gasteiger charge is 2.35. The van der Waals surface area contributed by atoms with Crippen molar-refractivity contribution in [3.8, 4) is 5.75 Å². The number of carbonyl (C=O) groups is 1. The second kappa shape index (κ2) is 7.16. The predicted molar refractivity (Wildman–Crippen MR) is 86.3 cm³/mol. The number of nitrogens with one attached hydrogen (secondary N) is 1. The van der Waals surface area contributed by atoms with Gasteiger partial charge in [0.25, 0.3) is 0 Å². The third-order valence-electron chi connectivity index (χ3n) is 4.52. The number of hydrogen-bond acceptors (Lipinski definition) is 4. The molecule has 3 rings (SSSR count). The van der Waals surface area contributed by atoms with Gasteiger partial charge in [-0.2, -0.15) is 13.2 Å². The lowest BCUT2D eigenvalue weighted by Gasteiger charge is -2.34. The molecule has 1 aliphatic rings. The van der Waals surface area contributed by atoms with Gasteiger partial charge in [-0.05, 0) is 31.0 Å². The molecule has 1 aromatic heterocycles. The summed E-state index contributed by atoms with van der Waals surface area (Å²) in [4.78, 5) is 11.0. The Kier molecular flexibility index (Phi) is 5.07. The van der Waals surface area contributed by atoms with Crippen LogP contribution in [0.1, 0.15) is 42.9 Å². The maximum Gasteiger partial charge on any atom is 0.419 e. The van der Waals surface area contributed by atoms with Gasteiger partial charge >= 0.3 is 6.18 Å². The molecule has 0 spiro atoms. The third-order valence-corrected chi connectivity index (χ3v) is 4.52. The molecule has 1 saturated carbocycles. The summed E-state index contributed by atoms with van der Waals surface area (Å²) in [5.41, 5.74) is -1.38. The van der Waals surface area contributed by atoms with E-state index in [2.05, 4.69) is 15.5 Å². The highest BCUT2D eigenvalue weighted by molar-refractivity contribution is 5.73. The Morgan fingerprint density at radius 1 is 1.33 bits per heavy atom. The molecule has 0 bridgehead atoms. The van der Waals surface area contributed by atoms with Crippen LogP contribution in [0.3, 0.4) is 0 Å². The molecule has 1 aromatic carbocycles. The lowest BCUT2D eigenvalue weighted by molar-refractivity contribution is -0.140. The molecule has 6 nitrogen and oxygen atoms in total. The molecule has 0 aliphatic heterocycles. The number of nitrogens with zero attached hydrogens (tertiary/aromatic N) is 3. The van der Waals surface area contributed by atoms with Crippen molar-refractivity contribution >= 4 is 5.91 Å². The van der Waals surface area contributed by atoms with Gasteiger partial charge in [-0.3, -0.25) is 4.79 Å². The maximum atomic E-state index is 13.3. The summed E-state index contributed by atoms with van der Waals surface area (Å²) in [5.74, 6) is -0.230. The Morgan fingerprint density at radius 3 is 2.67 bits per heavy atom. The average molecular weight is 386 g/mol. The van der Waals surface area contributed by atoms with E-state index >= 15 is 0 Å². The first kappa shape index (κ1) is 19.1. The number of amides is 1. The van der Waals surface area contributed by atoms with E-state index in [4.69, 9.17) is 4.74 Å². The summed E-state index contributed by atoms with van der Waals surface area (Å²) in [5, 5.41) is 11.0. The van der Waals surface area contributed by atoms with Crippen LogP contribution in [0.2, 0.25) is 0 Å². The fourth-order valence-corrected chi connectivity index (χ4v) is 3.05. The van der Waals surface area contributed by atoms with Crippen molar-refractivity contribution in [3.63, 3.8) is 0 Å². The average Bonchev–Trinajstić information content (AvgIpc) is 2.89. The Balaban J connectivity index is 1.63. The van der Waals surface area contributed by atoms with E-state index in [1.165, 1.54) is 6.92 Å². The van der Waals surface area contributed by atoms with Crippen LogP contribution >= 0.6 is 0 Å². The van der Waals surface area contributed by atoms with Crippen molar-refractivity contribution < 1.29 is 27.1 Å². The van der Waals surface area contributed by atoms with E-state index in [-0.39, 0.29) is 30.2 Å². The van der Waals surface area contributed by atoms with Gasteiger partial charge < -0.3 is 14.6 Å². The monoisotopic (exact) mass is 386 g/mol. The number of carbonyl (C=O) groups excluding carboxylic acids is 1. The predicted octanol–water partition coefficient (Wildman–Crippen LogP) is 2.93. The summed E-state index contributed by atoms with van der Waals surface area (Å²) in [6, 6.07) is 2.59. The first-order chi connectivity index (χ1) is 12.6. The Bertz CT molecular complexity index is 844. The van der Waals surface area contributed by atoms with Gasteiger partial charge in [-0.15, -0.1) is 10.2 Å². The van der Waals surface area contributed by atoms with Crippen LogP contribution < -0.4 is 10.1 Å². The van der Waals surface area contributed by atoms with Crippen molar-refractivity contribution in [1.29, 1.82) is 0 Å². The standard InChI is InChI=1S/C17H18F4N4O2/c1-9(26)22-11-5-10(6-11)16-24-23-15(25(16)2)8-27-12-3-4-14(18)13(7-12)17(19,20)21/h3-4,7,10-11H,5-6,8H2,1-2H3,(H,22,26). The number of aromatic nitrogens is 3. The minimum absolute atomic E-state index is 0.0805. The minimum atomic E-state index is -4.80. The molecule has 1 heterocycles. The van der Waals surface area contributed by atoms with Crippen LogP contribution in [-0.2, 0) is 24.6 Å². The van der Waals surface area contributed by atoms with Crippen LogP contribution in [-0.4, -0.2) is 26.7 Å².